The fourth-order valence-corrected chi connectivity index (χ4v) is 5.59. The number of carbonyl (C=O) groups excluding carboxylic acids is 3. The van der Waals surface area contributed by atoms with Crippen molar-refractivity contribution in [1.29, 1.82) is 0 Å². The van der Waals surface area contributed by atoms with E-state index in [9.17, 15) is 14.4 Å². The van der Waals surface area contributed by atoms with E-state index < -0.39 is 17.8 Å². The Hall–Kier alpha value is -3.12. The molecule has 0 radical (unpaired) electrons. The molecule has 1 fully saturated rings. The van der Waals surface area contributed by atoms with E-state index in [1.807, 2.05) is 6.92 Å². The highest BCUT2D eigenvalue weighted by molar-refractivity contribution is 6.39. The molecule has 2 aliphatic rings. The molecule has 2 aliphatic heterocycles. The van der Waals surface area contributed by atoms with Gasteiger partial charge in [0.25, 0.3) is 11.8 Å². The normalized spacial score (nSPS) is 21.2. The van der Waals surface area contributed by atoms with E-state index in [2.05, 4.69) is 57.0 Å². The molecule has 34 heavy (non-hydrogen) atoms. The number of anilines is 2. The summed E-state index contributed by atoms with van der Waals surface area (Å²) in [6.45, 7) is 13.1. The maximum Gasteiger partial charge on any atom is 0.335 e. The standard InChI is InChI=1S/C27H30ClN3O3/c1-15(2)31-23-10-16(3)18(11-21(23)17(4)14-27(31,5)6)12-22-24(32)29-26(34)30(25(22)33)20-9-7-8-19(28)13-20/h7-13,15,17H,14H2,1-6H3,(H,29,32,34)/b22-12+/t17-/m1/s1. The number of hydrogen-bond acceptors (Lipinski definition) is 4. The van der Waals surface area contributed by atoms with Crippen LogP contribution in [0.15, 0.2) is 42.0 Å². The third-order valence-electron chi connectivity index (χ3n) is 6.65. The number of rotatable bonds is 3. The van der Waals surface area contributed by atoms with Crippen molar-refractivity contribution in [2.24, 2.45) is 0 Å². The van der Waals surface area contributed by atoms with Gasteiger partial charge in [-0.2, -0.15) is 0 Å². The Balaban J connectivity index is 1.79. The zero-order chi connectivity index (χ0) is 24.9. The van der Waals surface area contributed by atoms with Gasteiger partial charge in [-0.25, -0.2) is 9.69 Å². The fourth-order valence-electron chi connectivity index (χ4n) is 5.41. The van der Waals surface area contributed by atoms with E-state index in [0.29, 0.717) is 22.7 Å². The summed E-state index contributed by atoms with van der Waals surface area (Å²) in [5, 5.41) is 2.67. The molecule has 0 spiro atoms. The first kappa shape index (κ1) is 24.0. The number of benzene rings is 2. The number of barbiturate groups is 1. The van der Waals surface area contributed by atoms with Crippen LogP contribution in [0.5, 0.6) is 0 Å². The van der Waals surface area contributed by atoms with E-state index in [-0.39, 0.29) is 11.1 Å². The highest BCUT2D eigenvalue weighted by Gasteiger charge is 2.39. The molecule has 1 N–H and O–H groups in total. The second-order valence-electron chi connectivity index (χ2n) is 10.1. The number of urea groups is 1. The van der Waals surface area contributed by atoms with Gasteiger partial charge in [-0.3, -0.25) is 14.9 Å². The van der Waals surface area contributed by atoms with Crippen LogP contribution in [0.1, 0.15) is 63.6 Å². The maximum absolute atomic E-state index is 13.3. The Bertz CT molecular complexity index is 1230. The first-order valence-corrected chi connectivity index (χ1v) is 11.9. The van der Waals surface area contributed by atoms with Gasteiger partial charge in [-0.05, 0) is 100 Å². The molecule has 1 atom stereocenters. The highest BCUT2D eigenvalue weighted by Crippen LogP contribution is 2.45. The number of imide groups is 2. The lowest BCUT2D eigenvalue weighted by Gasteiger charge is -2.50. The van der Waals surface area contributed by atoms with E-state index in [4.69, 9.17) is 11.6 Å². The summed E-state index contributed by atoms with van der Waals surface area (Å²) in [5.41, 5.74) is 4.35. The van der Waals surface area contributed by atoms with Crippen molar-refractivity contribution in [2.45, 2.75) is 65.5 Å². The largest absolute Gasteiger partial charge is 0.364 e. The number of carbonyl (C=O) groups is 3. The van der Waals surface area contributed by atoms with Gasteiger partial charge < -0.3 is 4.90 Å². The first-order chi connectivity index (χ1) is 15.9. The zero-order valence-electron chi connectivity index (χ0n) is 20.4. The lowest BCUT2D eigenvalue weighted by atomic mass is 9.78. The van der Waals surface area contributed by atoms with Gasteiger partial charge in [0.15, 0.2) is 0 Å². The molecular weight excluding hydrogens is 450 g/mol. The number of halogens is 1. The topological polar surface area (TPSA) is 69.7 Å². The number of aryl methyl sites for hydroxylation is 1. The minimum Gasteiger partial charge on any atom is -0.364 e. The van der Waals surface area contributed by atoms with Crippen molar-refractivity contribution < 1.29 is 14.4 Å². The van der Waals surface area contributed by atoms with E-state index in [1.54, 1.807) is 24.3 Å². The molecule has 7 heteroatoms. The molecule has 6 nitrogen and oxygen atoms in total. The van der Waals surface area contributed by atoms with Gasteiger partial charge in [0, 0.05) is 22.3 Å². The zero-order valence-corrected chi connectivity index (χ0v) is 21.2. The minimum absolute atomic E-state index is 0.0179. The SMILES string of the molecule is Cc1cc2c(cc1/C=C1\C(=O)NC(=O)N(c3cccc(Cl)c3)C1=O)[C@H](C)CC(C)(C)N2C(C)C. The number of hydrogen-bond donors (Lipinski definition) is 1. The molecular formula is C27H30ClN3O3. The van der Waals surface area contributed by atoms with E-state index in [1.165, 1.54) is 17.3 Å². The molecule has 2 heterocycles. The Labute approximate surface area is 205 Å². The molecule has 0 aromatic heterocycles. The van der Waals surface area contributed by atoms with Crippen LogP contribution in [-0.2, 0) is 9.59 Å². The summed E-state index contributed by atoms with van der Waals surface area (Å²) in [7, 11) is 0. The molecule has 0 saturated carbocycles. The summed E-state index contributed by atoms with van der Waals surface area (Å²) in [6, 6.07) is 10.2. The third kappa shape index (κ3) is 4.11. The summed E-state index contributed by atoms with van der Waals surface area (Å²) >= 11 is 6.05. The van der Waals surface area contributed by atoms with Crippen LogP contribution >= 0.6 is 11.6 Å². The van der Waals surface area contributed by atoms with Gasteiger partial charge in [-0.1, -0.05) is 24.6 Å². The molecule has 2 aromatic rings. The second-order valence-corrected chi connectivity index (χ2v) is 10.5. The monoisotopic (exact) mass is 479 g/mol. The summed E-state index contributed by atoms with van der Waals surface area (Å²) in [6.07, 6.45) is 2.58. The summed E-state index contributed by atoms with van der Waals surface area (Å²) in [5.74, 6) is -1.06. The average Bonchev–Trinajstić information content (AvgIpc) is 2.70. The highest BCUT2D eigenvalue weighted by atomic mass is 35.5. The van der Waals surface area contributed by atoms with Crippen molar-refractivity contribution in [3.05, 3.63) is 63.7 Å². The van der Waals surface area contributed by atoms with Crippen LogP contribution in [0.25, 0.3) is 6.08 Å². The van der Waals surface area contributed by atoms with Gasteiger partial charge in [0.05, 0.1) is 5.69 Å². The van der Waals surface area contributed by atoms with Crippen LogP contribution in [0, 0.1) is 6.92 Å². The van der Waals surface area contributed by atoms with E-state index in [0.717, 1.165) is 22.4 Å². The first-order valence-electron chi connectivity index (χ1n) is 11.5. The summed E-state index contributed by atoms with van der Waals surface area (Å²) in [4.78, 5) is 41.8. The van der Waals surface area contributed by atoms with Crippen molar-refractivity contribution in [3.8, 4) is 0 Å². The van der Waals surface area contributed by atoms with Crippen LogP contribution in [0.2, 0.25) is 5.02 Å². The third-order valence-corrected chi connectivity index (χ3v) is 6.88. The maximum atomic E-state index is 13.3. The predicted molar refractivity (Wildman–Crippen MR) is 136 cm³/mol. The van der Waals surface area contributed by atoms with Crippen LogP contribution in [-0.4, -0.2) is 29.4 Å². The van der Waals surface area contributed by atoms with Gasteiger partial charge in [-0.15, -0.1) is 0 Å². The van der Waals surface area contributed by atoms with Crippen LogP contribution in [0.4, 0.5) is 16.2 Å². The van der Waals surface area contributed by atoms with Gasteiger partial charge in [0.2, 0.25) is 0 Å². The van der Waals surface area contributed by atoms with Crippen LogP contribution in [0.3, 0.4) is 0 Å². The van der Waals surface area contributed by atoms with Crippen molar-refractivity contribution in [2.75, 3.05) is 9.80 Å². The second kappa shape index (κ2) is 8.58. The molecule has 4 amide bonds. The molecule has 0 unspecified atom stereocenters. The molecule has 0 aliphatic carbocycles. The van der Waals surface area contributed by atoms with Crippen molar-refractivity contribution in [3.63, 3.8) is 0 Å². The number of amides is 4. The molecule has 2 aromatic carbocycles. The van der Waals surface area contributed by atoms with Crippen molar-refractivity contribution >= 4 is 46.9 Å². The molecule has 178 valence electrons. The lowest BCUT2D eigenvalue weighted by Crippen LogP contribution is -2.54. The number of nitrogens with one attached hydrogen (secondary N) is 1. The van der Waals surface area contributed by atoms with Gasteiger partial charge >= 0.3 is 6.03 Å². The lowest BCUT2D eigenvalue weighted by molar-refractivity contribution is -0.122. The predicted octanol–water partition coefficient (Wildman–Crippen LogP) is 5.82. The Kier molecular flexibility index (Phi) is 6.06. The molecule has 1 saturated heterocycles. The van der Waals surface area contributed by atoms with Crippen molar-refractivity contribution in [1.82, 2.24) is 5.32 Å². The van der Waals surface area contributed by atoms with Gasteiger partial charge in [0.1, 0.15) is 5.57 Å². The molecule has 4 rings (SSSR count). The Morgan fingerprint density at radius 3 is 2.50 bits per heavy atom. The van der Waals surface area contributed by atoms with Crippen LogP contribution < -0.4 is 15.1 Å². The number of fused-ring (bicyclic) bond motifs is 1. The fraction of sp³-hybridized carbons (Fsp3) is 0.370. The summed E-state index contributed by atoms with van der Waals surface area (Å²) < 4.78 is 0. The Morgan fingerprint density at radius 2 is 1.85 bits per heavy atom. The smallest absolute Gasteiger partial charge is 0.335 e. The number of nitrogens with zero attached hydrogens (tertiary/aromatic N) is 2. The van der Waals surface area contributed by atoms with E-state index >= 15 is 0 Å². The Morgan fingerprint density at radius 1 is 1.15 bits per heavy atom. The molecule has 0 bridgehead atoms. The minimum atomic E-state index is -0.792. The quantitative estimate of drug-likeness (QED) is 0.445. The average molecular weight is 480 g/mol.